The lowest BCUT2D eigenvalue weighted by atomic mass is 10.1. The minimum Gasteiger partial charge on any atom is -0.494 e. The van der Waals surface area contributed by atoms with Gasteiger partial charge in [-0.05, 0) is 112 Å². The summed E-state index contributed by atoms with van der Waals surface area (Å²) in [4.78, 5) is 99.4. The lowest BCUT2D eigenvalue weighted by Crippen LogP contribution is -2.49. The van der Waals surface area contributed by atoms with Gasteiger partial charge in [0.2, 0.25) is 17.5 Å². The normalized spacial score (nSPS) is 13.6. The molecule has 3 aliphatic rings. The van der Waals surface area contributed by atoms with Gasteiger partial charge in [0.15, 0.2) is 52.2 Å². The van der Waals surface area contributed by atoms with Crippen LogP contribution in [-0.4, -0.2) is 248 Å². The maximum Gasteiger partial charge on any atom is 0.291 e. The van der Waals surface area contributed by atoms with E-state index >= 15 is 0 Å². The minimum absolute atomic E-state index is 0.0250. The number of carbonyl (C=O) groups is 6. The molecule has 3 aromatic heterocycles. The Labute approximate surface area is 680 Å². The van der Waals surface area contributed by atoms with Gasteiger partial charge >= 0.3 is 0 Å². The Hall–Kier alpha value is -10.3. The van der Waals surface area contributed by atoms with Crippen molar-refractivity contribution < 1.29 is 69.3 Å². The molecule has 6 amide bonds. The van der Waals surface area contributed by atoms with Crippen molar-refractivity contribution in [3.8, 4) is 51.0 Å². The van der Waals surface area contributed by atoms with Crippen LogP contribution in [0.1, 0.15) is 62.9 Å². The molecule has 6 aromatic carbocycles. The van der Waals surface area contributed by atoms with Crippen LogP contribution in [0.4, 0.5) is 43.4 Å². The molecule has 0 unspecified atom stereocenters. The van der Waals surface area contributed by atoms with Crippen molar-refractivity contribution in [1.82, 2.24) is 74.4 Å². The third-order valence-corrected chi connectivity index (χ3v) is 20.1. The van der Waals surface area contributed by atoms with Gasteiger partial charge in [0.25, 0.3) is 35.4 Å². The molecule has 3 saturated heterocycles. The van der Waals surface area contributed by atoms with Gasteiger partial charge in [-0.25, -0.2) is 28.1 Å². The van der Waals surface area contributed by atoms with E-state index in [0.29, 0.717) is 78.9 Å². The second-order valence-electron chi connectivity index (χ2n) is 26.2. The number of piperazine rings is 3. The standard InChI is InChI=1S/2C26H29ClF2N6O3.C23H22ClF2N5O3.C3H8ClN/c2*1-30-8-9-34-10-12-35(13-11-34)26(37)17-5-4-16(14-19(17)27)32-25(36)24-31-15-20(33(24)2)18-6-7-21(38-3)23(29)22(18)28;1-30-17(15-5-6-18(34-2)20(26)19(15)25)12-28-21(30)22(32)29-13-3-4-14(16(24)11-13)23(33)31-9-7-27-8-10-31;1-5-3-2-4/h2*4-7,14-15,30H,8-13H2,1-3H3,(H,32,36);3-6,11-12,27H,7-10H2,1-2H3,(H,29,32);5H,2-3H2,1H3. The largest absolute Gasteiger partial charge is 0.494 e. The highest BCUT2D eigenvalue weighted by Crippen LogP contribution is 2.35. The zero-order chi connectivity index (χ0) is 83.3. The Kier molecular flexibility index (Phi) is 32.2. The second-order valence-corrected chi connectivity index (χ2v) is 27.8. The SMILES string of the molecule is CNCCCl.CNCCN1CCN(C(=O)c2ccc(NC(=O)c3ncc(-c4ccc(OC)c(F)c4F)n3C)cc2Cl)CC1.CNCCN1CCN(C(=O)c2ccc(NC(=O)c3ncc(-c4ccc(OC)c(F)c4F)n3C)cc2Cl)CC1.COc1ccc(-c2cnc(C(=O)Nc3ccc(C(=O)N4CCNCC4)c(Cl)c3)n2C)c(F)c1F. The summed E-state index contributed by atoms with van der Waals surface area (Å²) in [6.07, 6.45) is 3.85. The van der Waals surface area contributed by atoms with Crippen LogP contribution in [-0.2, 0) is 21.1 Å². The van der Waals surface area contributed by atoms with Gasteiger partial charge in [-0.1, -0.05) is 34.8 Å². The number of likely N-dealkylation sites (N-methyl/N-ethyl adjacent to an activating group) is 2. The molecular formula is C78H88Cl4F6N18O9. The molecule has 0 atom stereocenters. The van der Waals surface area contributed by atoms with E-state index in [4.69, 9.17) is 60.6 Å². The number of hydrogen-bond acceptors (Lipinski definition) is 18. The van der Waals surface area contributed by atoms with E-state index in [1.165, 1.54) is 129 Å². The summed E-state index contributed by atoms with van der Waals surface area (Å²) < 4.78 is 105. The molecule has 614 valence electrons. The fourth-order valence-electron chi connectivity index (χ4n) is 12.5. The van der Waals surface area contributed by atoms with Crippen molar-refractivity contribution in [1.29, 1.82) is 0 Å². The number of nitrogens with one attached hydrogen (secondary N) is 7. The van der Waals surface area contributed by atoms with Gasteiger partial charge in [-0.3, -0.25) is 38.6 Å². The molecule has 0 bridgehead atoms. The predicted octanol–water partition coefficient (Wildman–Crippen LogP) is 10.3. The summed E-state index contributed by atoms with van der Waals surface area (Å²) in [6, 6.07) is 21.9. The molecule has 0 saturated carbocycles. The molecule has 27 nitrogen and oxygen atoms in total. The summed E-state index contributed by atoms with van der Waals surface area (Å²) in [5.41, 5.74) is 2.56. The van der Waals surface area contributed by atoms with Gasteiger partial charge < -0.3 is 79.8 Å². The number of aromatic nitrogens is 6. The molecule has 3 aliphatic heterocycles. The molecule has 37 heteroatoms. The fourth-order valence-corrected chi connectivity index (χ4v) is 13.5. The minimum atomic E-state index is -1.13. The maximum absolute atomic E-state index is 14.6. The highest BCUT2D eigenvalue weighted by Gasteiger charge is 2.30. The molecule has 115 heavy (non-hydrogen) atoms. The summed E-state index contributed by atoms with van der Waals surface area (Å²) in [5, 5.41) is 21.0. The van der Waals surface area contributed by atoms with Crippen LogP contribution in [0.5, 0.6) is 17.2 Å². The van der Waals surface area contributed by atoms with E-state index in [0.717, 1.165) is 72.0 Å². The number of rotatable bonds is 23. The number of anilines is 3. The average Bonchev–Trinajstić information content (AvgIpc) is 1.67. The Bertz CT molecular complexity index is 4750. The van der Waals surface area contributed by atoms with Crippen LogP contribution >= 0.6 is 46.4 Å². The number of hydrogen-bond donors (Lipinski definition) is 7. The van der Waals surface area contributed by atoms with E-state index in [2.05, 4.69) is 62.0 Å². The highest BCUT2D eigenvalue weighted by molar-refractivity contribution is 6.35. The van der Waals surface area contributed by atoms with Crippen molar-refractivity contribution in [3.05, 3.63) is 194 Å². The first-order valence-corrected chi connectivity index (χ1v) is 37.9. The number of methoxy groups -OCH3 is 3. The predicted molar refractivity (Wildman–Crippen MR) is 430 cm³/mol. The van der Waals surface area contributed by atoms with Crippen LogP contribution in [0, 0.1) is 34.9 Å². The molecule has 3 fully saturated rings. The Morgan fingerprint density at radius 3 is 0.948 bits per heavy atom. The molecule has 12 rings (SSSR count). The van der Waals surface area contributed by atoms with Crippen molar-refractivity contribution in [2.45, 2.75) is 0 Å². The second kappa shape index (κ2) is 41.8. The van der Waals surface area contributed by atoms with Crippen molar-refractivity contribution in [3.63, 3.8) is 0 Å². The third-order valence-electron chi connectivity index (χ3n) is 19.0. The monoisotopic (exact) mass is 1670 g/mol. The van der Waals surface area contributed by atoms with E-state index in [1.54, 1.807) is 51.1 Å². The number of alkyl halides is 1. The lowest BCUT2D eigenvalue weighted by Gasteiger charge is -2.34. The molecule has 0 spiro atoms. The van der Waals surface area contributed by atoms with Crippen LogP contribution in [0.15, 0.2) is 110 Å². The van der Waals surface area contributed by atoms with Crippen molar-refractivity contribution >= 4 is 98.9 Å². The number of nitrogens with zero attached hydrogens (tertiary/aromatic N) is 11. The van der Waals surface area contributed by atoms with Gasteiger partial charge in [0, 0.05) is 172 Å². The average molecular weight is 1680 g/mol. The quantitative estimate of drug-likeness (QED) is 0.0231. The summed E-state index contributed by atoms with van der Waals surface area (Å²) >= 11 is 24.4. The van der Waals surface area contributed by atoms with Gasteiger partial charge in [-0.15, -0.1) is 11.6 Å². The van der Waals surface area contributed by atoms with Crippen molar-refractivity contribution in [2.75, 3.05) is 176 Å². The number of ether oxygens (including phenoxy) is 3. The first-order chi connectivity index (χ1) is 55.2. The molecule has 0 radical (unpaired) electrons. The van der Waals surface area contributed by atoms with E-state index in [9.17, 15) is 55.1 Å². The Morgan fingerprint density at radius 1 is 0.409 bits per heavy atom. The molecule has 0 aliphatic carbocycles. The first-order valence-electron chi connectivity index (χ1n) is 36.2. The number of halogens is 10. The maximum atomic E-state index is 14.6. The summed E-state index contributed by atoms with van der Waals surface area (Å²) in [7, 11) is 14.0. The van der Waals surface area contributed by atoms with E-state index in [1.807, 2.05) is 21.1 Å². The third kappa shape index (κ3) is 21.6. The van der Waals surface area contributed by atoms with Crippen LogP contribution in [0.2, 0.25) is 15.1 Å². The number of carbonyl (C=O) groups excluding carboxylic acids is 6. The molecular weight excluding hydrogens is 1590 g/mol. The topological polar surface area (TPSA) is 284 Å². The summed E-state index contributed by atoms with van der Waals surface area (Å²) in [5.74, 6) is -8.99. The number of imidazole rings is 3. The zero-order valence-electron chi connectivity index (χ0n) is 64.5. The van der Waals surface area contributed by atoms with E-state index in [-0.39, 0.29) is 101 Å². The smallest absolute Gasteiger partial charge is 0.291 e. The lowest BCUT2D eigenvalue weighted by molar-refractivity contribution is 0.0632. The van der Waals surface area contributed by atoms with Gasteiger partial charge in [0.05, 0.1) is 88.8 Å². The molecule has 6 heterocycles. The van der Waals surface area contributed by atoms with Gasteiger partial charge in [-0.2, -0.15) is 13.2 Å². The van der Waals surface area contributed by atoms with E-state index < -0.39 is 52.6 Å². The summed E-state index contributed by atoms with van der Waals surface area (Å²) in [6.45, 7) is 12.8. The molecule has 7 N–H and O–H groups in total. The highest BCUT2D eigenvalue weighted by atomic mass is 35.5. The number of benzene rings is 6. The Balaban J connectivity index is 0.000000192. The fraction of sp³-hybridized carbons (Fsp3) is 0.346. The van der Waals surface area contributed by atoms with Crippen LogP contribution < -0.4 is 51.4 Å². The van der Waals surface area contributed by atoms with Crippen LogP contribution in [0.25, 0.3) is 33.8 Å². The number of amides is 6. The first kappa shape index (κ1) is 88.6. The van der Waals surface area contributed by atoms with Crippen molar-refractivity contribution in [2.24, 2.45) is 21.1 Å². The zero-order valence-corrected chi connectivity index (χ0v) is 67.5. The van der Waals surface area contributed by atoms with Gasteiger partial charge in [0.1, 0.15) is 0 Å². The Morgan fingerprint density at radius 2 is 0.696 bits per heavy atom. The van der Waals surface area contributed by atoms with Crippen LogP contribution in [0.3, 0.4) is 0 Å². The molecule has 9 aromatic rings.